The van der Waals surface area contributed by atoms with E-state index in [1.807, 2.05) is 19.9 Å². The van der Waals surface area contributed by atoms with E-state index in [1.54, 1.807) is 23.7 Å². The largest absolute Gasteiger partial charge is 0.377 e. The van der Waals surface area contributed by atoms with Crippen LogP contribution in [0.3, 0.4) is 0 Å². The Balaban J connectivity index is 1.88. The monoisotopic (exact) mass is 351 g/mol. The SMILES string of the molecule is CC(C)OCCNCC(=O)Nc1ccc2sc(C(=O)NO)cc2c1. The van der Waals surface area contributed by atoms with E-state index >= 15 is 0 Å². The molecule has 0 unspecified atom stereocenters. The van der Waals surface area contributed by atoms with Crippen molar-refractivity contribution in [3.05, 3.63) is 29.1 Å². The number of hydrogen-bond acceptors (Lipinski definition) is 6. The summed E-state index contributed by atoms with van der Waals surface area (Å²) in [5.74, 6) is -0.697. The minimum atomic E-state index is -0.547. The van der Waals surface area contributed by atoms with Crippen LogP contribution in [0.25, 0.3) is 10.1 Å². The molecule has 0 saturated carbocycles. The van der Waals surface area contributed by atoms with Crippen LogP contribution < -0.4 is 16.1 Å². The van der Waals surface area contributed by atoms with Crippen molar-refractivity contribution in [2.24, 2.45) is 0 Å². The molecule has 2 aromatic rings. The number of hydrogen-bond donors (Lipinski definition) is 4. The Labute approximate surface area is 144 Å². The number of anilines is 1. The topological polar surface area (TPSA) is 99.7 Å². The lowest BCUT2D eigenvalue weighted by Gasteiger charge is -2.09. The molecular weight excluding hydrogens is 330 g/mol. The first-order valence-corrected chi connectivity index (χ1v) is 8.41. The molecule has 0 radical (unpaired) electrons. The molecule has 0 aliphatic heterocycles. The number of hydroxylamine groups is 1. The average Bonchev–Trinajstić information content (AvgIpc) is 2.96. The number of benzene rings is 1. The van der Waals surface area contributed by atoms with Crippen LogP contribution in [0.4, 0.5) is 5.69 Å². The van der Waals surface area contributed by atoms with Crippen molar-refractivity contribution in [1.82, 2.24) is 10.8 Å². The standard InChI is InChI=1S/C16H21N3O4S/c1-10(2)23-6-5-17-9-15(20)18-12-3-4-13-11(7-12)8-14(24-13)16(21)19-22/h3-4,7-8,10,17,22H,5-6,9H2,1-2H3,(H,18,20)(H,19,21). The van der Waals surface area contributed by atoms with Crippen LogP contribution in [0.15, 0.2) is 24.3 Å². The Bertz CT molecular complexity index is 714. The van der Waals surface area contributed by atoms with E-state index in [4.69, 9.17) is 9.94 Å². The molecule has 8 heteroatoms. The maximum Gasteiger partial charge on any atom is 0.284 e. The third-order valence-corrected chi connectivity index (χ3v) is 4.26. The first kappa shape index (κ1) is 18.3. The molecule has 1 aromatic heterocycles. The van der Waals surface area contributed by atoms with Gasteiger partial charge in [0, 0.05) is 16.9 Å². The van der Waals surface area contributed by atoms with Crippen molar-refractivity contribution in [2.45, 2.75) is 20.0 Å². The van der Waals surface area contributed by atoms with Crippen molar-refractivity contribution in [3.8, 4) is 0 Å². The number of fused-ring (bicyclic) bond motifs is 1. The van der Waals surface area contributed by atoms with Crippen LogP contribution in [0.5, 0.6) is 0 Å². The highest BCUT2D eigenvalue weighted by Crippen LogP contribution is 2.28. The smallest absolute Gasteiger partial charge is 0.284 e. The second-order valence-electron chi connectivity index (χ2n) is 5.45. The highest BCUT2D eigenvalue weighted by molar-refractivity contribution is 7.20. The fourth-order valence-corrected chi connectivity index (χ4v) is 2.99. The van der Waals surface area contributed by atoms with E-state index in [0.29, 0.717) is 23.7 Å². The minimum absolute atomic E-state index is 0.151. The summed E-state index contributed by atoms with van der Waals surface area (Å²) < 4.78 is 6.28. The predicted molar refractivity (Wildman–Crippen MR) is 93.7 cm³/mol. The molecule has 0 spiro atoms. The summed E-state index contributed by atoms with van der Waals surface area (Å²) in [5.41, 5.74) is 2.27. The average molecular weight is 351 g/mol. The second kappa shape index (κ2) is 8.74. The third-order valence-electron chi connectivity index (χ3n) is 3.14. The molecule has 0 aliphatic carbocycles. The third kappa shape index (κ3) is 5.27. The first-order chi connectivity index (χ1) is 11.5. The van der Waals surface area contributed by atoms with Crippen LogP contribution >= 0.6 is 11.3 Å². The molecule has 0 aliphatic rings. The molecule has 0 atom stereocenters. The molecule has 2 amide bonds. The van der Waals surface area contributed by atoms with Crippen LogP contribution in [-0.4, -0.2) is 42.8 Å². The van der Waals surface area contributed by atoms with Crippen LogP contribution in [0.1, 0.15) is 23.5 Å². The van der Waals surface area contributed by atoms with Gasteiger partial charge in [-0.25, -0.2) is 5.48 Å². The Morgan fingerprint density at radius 2 is 2.08 bits per heavy atom. The molecular formula is C16H21N3O4S. The van der Waals surface area contributed by atoms with Gasteiger partial charge < -0.3 is 15.4 Å². The van der Waals surface area contributed by atoms with E-state index in [-0.39, 0.29) is 18.6 Å². The lowest BCUT2D eigenvalue weighted by molar-refractivity contribution is -0.115. The molecule has 0 fully saturated rings. The number of nitrogens with one attached hydrogen (secondary N) is 3. The zero-order valence-electron chi connectivity index (χ0n) is 13.6. The zero-order valence-corrected chi connectivity index (χ0v) is 14.4. The maximum absolute atomic E-state index is 11.9. The van der Waals surface area contributed by atoms with E-state index in [0.717, 1.165) is 10.1 Å². The van der Waals surface area contributed by atoms with Gasteiger partial charge in [-0.2, -0.15) is 0 Å². The summed E-state index contributed by atoms with van der Waals surface area (Å²) in [7, 11) is 0. The quantitative estimate of drug-likeness (QED) is 0.331. The summed E-state index contributed by atoms with van der Waals surface area (Å²) in [6.45, 7) is 5.28. The second-order valence-corrected chi connectivity index (χ2v) is 6.53. The van der Waals surface area contributed by atoms with Gasteiger partial charge in [0.05, 0.1) is 24.1 Å². The van der Waals surface area contributed by atoms with Crippen LogP contribution in [-0.2, 0) is 9.53 Å². The van der Waals surface area contributed by atoms with E-state index < -0.39 is 5.91 Å². The maximum atomic E-state index is 11.9. The van der Waals surface area contributed by atoms with Gasteiger partial charge in [0.2, 0.25) is 5.91 Å². The Morgan fingerprint density at radius 3 is 2.79 bits per heavy atom. The lowest BCUT2D eigenvalue weighted by Crippen LogP contribution is -2.30. The van der Waals surface area contributed by atoms with Crippen molar-refractivity contribution in [2.75, 3.05) is 25.0 Å². The Kier molecular flexibility index (Phi) is 6.68. The summed E-state index contributed by atoms with van der Waals surface area (Å²) in [6.07, 6.45) is 0.177. The molecule has 24 heavy (non-hydrogen) atoms. The van der Waals surface area contributed by atoms with E-state index in [1.165, 1.54) is 11.3 Å². The van der Waals surface area contributed by atoms with Gasteiger partial charge in [-0.05, 0) is 43.5 Å². The number of carbonyl (C=O) groups is 2. The van der Waals surface area contributed by atoms with Gasteiger partial charge in [0.1, 0.15) is 0 Å². The number of carbonyl (C=O) groups excluding carboxylic acids is 2. The summed E-state index contributed by atoms with van der Waals surface area (Å²) >= 11 is 1.27. The summed E-state index contributed by atoms with van der Waals surface area (Å²) in [4.78, 5) is 23.7. The van der Waals surface area contributed by atoms with Gasteiger partial charge in [-0.15, -0.1) is 11.3 Å². The molecule has 0 saturated heterocycles. The highest BCUT2D eigenvalue weighted by atomic mass is 32.1. The number of thiophene rings is 1. The van der Waals surface area contributed by atoms with Crippen molar-refractivity contribution >= 4 is 38.9 Å². The van der Waals surface area contributed by atoms with Gasteiger partial charge >= 0.3 is 0 Å². The zero-order chi connectivity index (χ0) is 17.5. The number of ether oxygens (including phenoxy) is 1. The lowest BCUT2D eigenvalue weighted by atomic mass is 10.2. The summed E-state index contributed by atoms with van der Waals surface area (Å²) in [5, 5.41) is 15.3. The molecule has 4 N–H and O–H groups in total. The Morgan fingerprint density at radius 1 is 1.29 bits per heavy atom. The molecule has 0 bridgehead atoms. The molecule has 1 heterocycles. The fourth-order valence-electron chi connectivity index (χ4n) is 2.06. The summed E-state index contributed by atoms with van der Waals surface area (Å²) in [6, 6.07) is 7.06. The number of amides is 2. The normalized spacial score (nSPS) is 11.0. The molecule has 7 nitrogen and oxygen atoms in total. The molecule has 1 aromatic carbocycles. The van der Waals surface area contributed by atoms with Crippen molar-refractivity contribution in [1.29, 1.82) is 0 Å². The van der Waals surface area contributed by atoms with Crippen LogP contribution in [0, 0.1) is 0 Å². The van der Waals surface area contributed by atoms with Gasteiger partial charge in [-0.1, -0.05) is 0 Å². The van der Waals surface area contributed by atoms with Gasteiger partial charge in [0.25, 0.3) is 5.91 Å². The van der Waals surface area contributed by atoms with E-state index in [2.05, 4.69) is 10.6 Å². The minimum Gasteiger partial charge on any atom is -0.377 e. The predicted octanol–water partition coefficient (Wildman–Crippen LogP) is 1.97. The first-order valence-electron chi connectivity index (χ1n) is 7.60. The molecule has 2 rings (SSSR count). The molecule has 130 valence electrons. The van der Waals surface area contributed by atoms with Crippen molar-refractivity contribution < 1.29 is 19.5 Å². The Hall–Kier alpha value is -2.00. The fraction of sp³-hybridized carbons (Fsp3) is 0.375. The van der Waals surface area contributed by atoms with Gasteiger partial charge in [-0.3, -0.25) is 14.8 Å². The highest BCUT2D eigenvalue weighted by Gasteiger charge is 2.10. The number of rotatable bonds is 8. The van der Waals surface area contributed by atoms with Gasteiger partial charge in [0.15, 0.2) is 0 Å². The van der Waals surface area contributed by atoms with Crippen molar-refractivity contribution in [3.63, 3.8) is 0 Å². The van der Waals surface area contributed by atoms with Crippen LogP contribution in [0.2, 0.25) is 0 Å². The van der Waals surface area contributed by atoms with E-state index in [9.17, 15) is 9.59 Å².